The fraction of sp³-hybridized carbons (Fsp3) is 0.333. The van der Waals surface area contributed by atoms with E-state index in [0.717, 1.165) is 0 Å². The number of halogens is 1. The maximum atomic E-state index is 10.2. The number of rotatable bonds is 1. The lowest BCUT2D eigenvalue weighted by atomic mass is 10.1. The first-order chi connectivity index (χ1) is 4.30. The number of allylic oxidation sites excluding steroid dienone is 1. The second kappa shape index (κ2) is 4.06. The summed E-state index contributed by atoms with van der Waals surface area (Å²) in [5.74, 6) is -1.21. The van der Waals surface area contributed by atoms with Crippen LogP contribution in [0.1, 0.15) is 0 Å². The molecule has 0 radical (unpaired) electrons. The molecule has 3 nitrogen and oxygen atoms in total. The van der Waals surface area contributed by atoms with Gasteiger partial charge in [0.15, 0.2) is 0 Å². The molecule has 0 amide bonds. The Bertz CT molecular complexity index is 177. The summed E-state index contributed by atoms with van der Waals surface area (Å²) < 4.78 is 0. The van der Waals surface area contributed by atoms with Crippen molar-refractivity contribution in [2.45, 2.75) is 0 Å². The smallest absolute Gasteiger partial charge is 0.312 e. The number of carboxylic acids is 1. The second-order valence-corrected chi connectivity index (χ2v) is 1.84. The van der Waals surface area contributed by atoms with E-state index in [1.807, 2.05) is 0 Å². The fourth-order valence-electron chi connectivity index (χ4n) is 0.640. The number of hydrogen-bond donors (Lipinski definition) is 1. The van der Waals surface area contributed by atoms with E-state index in [9.17, 15) is 4.79 Å². The molecule has 1 atom stereocenters. The summed E-state index contributed by atoms with van der Waals surface area (Å²) in [7, 11) is 0. The second-order valence-electron chi connectivity index (χ2n) is 1.84. The number of aliphatic imine (C=N–C) groups is 1. The fourth-order valence-corrected chi connectivity index (χ4v) is 0.640. The van der Waals surface area contributed by atoms with Crippen molar-refractivity contribution in [3.63, 3.8) is 0 Å². The molecule has 10 heavy (non-hydrogen) atoms. The third kappa shape index (κ3) is 2.19. The molecule has 1 heterocycles. The summed E-state index contributed by atoms with van der Waals surface area (Å²) >= 11 is 0. The minimum atomic E-state index is -0.803. The van der Waals surface area contributed by atoms with E-state index in [2.05, 4.69) is 4.99 Å². The van der Waals surface area contributed by atoms with Crippen LogP contribution in [0.4, 0.5) is 0 Å². The van der Waals surface area contributed by atoms with Crippen LogP contribution in [0.3, 0.4) is 0 Å². The van der Waals surface area contributed by atoms with Crippen molar-refractivity contribution in [2.75, 3.05) is 6.54 Å². The summed E-state index contributed by atoms with van der Waals surface area (Å²) in [4.78, 5) is 14.0. The first kappa shape index (κ1) is 9.17. The molecule has 0 fully saturated rings. The van der Waals surface area contributed by atoms with Crippen molar-refractivity contribution in [3.05, 3.63) is 12.2 Å². The van der Waals surface area contributed by atoms with Crippen molar-refractivity contribution in [1.29, 1.82) is 0 Å². The largest absolute Gasteiger partial charge is 0.481 e. The molecule has 0 aromatic heterocycles. The normalized spacial score (nSPS) is 21.8. The Morgan fingerprint density at radius 2 is 2.40 bits per heavy atom. The van der Waals surface area contributed by atoms with Gasteiger partial charge < -0.3 is 5.11 Å². The number of nitrogens with zero attached hydrogens (tertiary/aromatic N) is 1. The molecule has 0 bridgehead atoms. The monoisotopic (exact) mass is 161 g/mol. The van der Waals surface area contributed by atoms with Gasteiger partial charge in [0.25, 0.3) is 0 Å². The van der Waals surface area contributed by atoms with Crippen LogP contribution in [0, 0.1) is 5.92 Å². The van der Waals surface area contributed by atoms with Crippen molar-refractivity contribution in [1.82, 2.24) is 0 Å². The Kier molecular flexibility index (Phi) is 3.72. The molecule has 0 aromatic carbocycles. The molecule has 0 aromatic rings. The van der Waals surface area contributed by atoms with Gasteiger partial charge in [-0.25, -0.2) is 0 Å². The van der Waals surface area contributed by atoms with Gasteiger partial charge in [-0.1, -0.05) is 6.08 Å². The Hall–Kier alpha value is -0.830. The van der Waals surface area contributed by atoms with Gasteiger partial charge in [0.2, 0.25) is 0 Å². The van der Waals surface area contributed by atoms with Gasteiger partial charge in [-0.3, -0.25) is 9.79 Å². The summed E-state index contributed by atoms with van der Waals surface area (Å²) in [6.07, 6.45) is 4.90. The molecule has 0 aliphatic carbocycles. The van der Waals surface area contributed by atoms with Crippen LogP contribution in [0.25, 0.3) is 0 Å². The highest BCUT2D eigenvalue weighted by Crippen LogP contribution is 2.02. The highest BCUT2D eigenvalue weighted by atomic mass is 35.5. The van der Waals surface area contributed by atoms with Gasteiger partial charge in [-0.15, -0.1) is 12.4 Å². The van der Waals surface area contributed by atoms with Crippen LogP contribution in [-0.2, 0) is 4.79 Å². The molecule has 1 unspecified atom stereocenters. The molecule has 1 aliphatic rings. The van der Waals surface area contributed by atoms with Gasteiger partial charge >= 0.3 is 5.97 Å². The molecule has 4 heteroatoms. The van der Waals surface area contributed by atoms with Crippen LogP contribution in [0.15, 0.2) is 17.1 Å². The quantitative estimate of drug-likeness (QED) is 0.617. The van der Waals surface area contributed by atoms with Crippen LogP contribution in [-0.4, -0.2) is 23.8 Å². The standard InChI is InChI=1S/C6H7NO2.ClH/c8-6(9)5-2-1-3-7-4-5;/h1-3,5H,4H2,(H,8,9);1H. The lowest BCUT2D eigenvalue weighted by Crippen LogP contribution is -2.15. The van der Waals surface area contributed by atoms with E-state index in [0.29, 0.717) is 6.54 Å². The van der Waals surface area contributed by atoms with Gasteiger partial charge in [0.05, 0.1) is 12.5 Å². The van der Waals surface area contributed by atoms with E-state index < -0.39 is 11.9 Å². The van der Waals surface area contributed by atoms with Crippen LogP contribution in [0.5, 0.6) is 0 Å². The zero-order valence-corrected chi connectivity index (χ0v) is 6.04. The molecular weight excluding hydrogens is 154 g/mol. The number of hydrogen-bond acceptors (Lipinski definition) is 2. The minimum Gasteiger partial charge on any atom is -0.481 e. The Morgan fingerprint density at radius 3 is 2.70 bits per heavy atom. The highest BCUT2D eigenvalue weighted by Gasteiger charge is 2.13. The number of dihydropyridines is 1. The minimum absolute atomic E-state index is 0. The van der Waals surface area contributed by atoms with Crippen LogP contribution < -0.4 is 0 Å². The molecule has 0 saturated carbocycles. The summed E-state index contributed by atoms with van der Waals surface area (Å²) in [5.41, 5.74) is 0. The van der Waals surface area contributed by atoms with E-state index >= 15 is 0 Å². The third-order valence-electron chi connectivity index (χ3n) is 1.15. The maximum Gasteiger partial charge on any atom is 0.312 e. The SMILES string of the molecule is Cl.O=C(O)C1C=CC=NC1. The molecule has 0 saturated heterocycles. The van der Waals surface area contributed by atoms with Crippen molar-refractivity contribution < 1.29 is 9.90 Å². The Labute approximate surface area is 64.9 Å². The van der Waals surface area contributed by atoms with E-state index in [1.165, 1.54) is 0 Å². The third-order valence-corrected chi connectivity index (χ3v) is 1.15. The topological polar surface area (TPSA) is 49.7 Å². The lowest BCUT2D eigenvalue weighted by molar-refractivity contribution is -0.139. The van der Waals surface area contributed by atoms with E-state index in [4.69, 9.17) is 5.11 Å². The lowest BCUT2D eigenvalue weighted by Gasteiger charge is -2.04. The number of aliphatic carboxylic acids is 1. The molecule has 1 rings (SSSR count). The summed E-state index contributed by atoms with van der Waals surface area (Å²) in [6, 6.07) is 0. The van der Waals surface area contributed by atoms with Gasteiger partial charge in [-0.05, 0) is 6.08 Å². The van der Waals surface area contributed by atoms with Crippen LogP contribution in [0.2, 0.25) is 0 Å². The van der Waals surface area contributed by atoms with Gasteiger partial charge in [0, 0.05) is 6.21 Å². The predicted molar refractivity (Wildman–Crippen MR) is 40.9 cm³/mol. The van der Waals surface area contributed by atoms with Crippen molar-refractivity contribution in [2.24, 2.45) is 10.9 Å². The van der Waals surface area contributed by atoms with Gasteiger partial charge in [0.1, 0.15) is 0 Å². The molecule has 1 aliphatic heterocycles. The van der Waals surface area contributed by atoms with E-state index in [-0.39, 0.29) is 12.4 Å². The predicted octanol–water partition coefficient (Wildman–Crippen LogP) is 0.750. The van der Waals surface area contributed by atoms with Crippen LogP contribution >= 0.6 is 12.4 Å². The summed E-state index contributed by atoms with van der Waals surface area (Å²) in [5, 5.41) is 8.41. The zero-order valence-electron chi connectivity index (χ0n) is 5.23. The molecular formula is C6H8ClNO2. The first-order valence-corrected chi connectivity index (χ1v) is 2.70. The first-order valence-electron chi connectivity index (χ1n) is 2.70. The number of carboxylic acid groups (broad SMARTS) is 1. The average molecular weight is 162 g/mol. The number of carbonyl (C=O) groups is 1. The van der Waals surface area contributed by atoms with Crippen molar-refractivity contribution >= 4 is 24.6 Å². The Morgan fingerprint density at radius 1 is 1.70 bits per heavy atom. The van der Waals surface area contributed by atoms with Gasteiger partial charge in [-0.2, -0.15) is 0 Å². The molecule has 1 N–H and O–H groups in total. The molecule has 0 spiro atoms. The highest BCUT2D eigenvalue weighted by molar-refractivity contribution is 5.85. The molecule has 56 valence electrons. The maximum absolute atomic E-state index is 10.2. The Balaban J connectivity index is 0.000000810. The van der Waals surface area contributed by atoms with E-state index in [1.54, 1.807) is 18.4 Å². The summed E-state index contributed by atoms with van der Waals surface area (Å²) in [6.45, 7) is 0.381. The average Bonchev–Trinajstić information content (AvgIpc) is 1.90. The van der Waals surface area contributed by atoms with Crippen molar-refractivity contribution in [3.8, 4) is 0 Å². The zero-order chi connectivity index (χ0) is 6.69.